The number of carbonyl (C=O) groups excluding carboxylic acids is 3. The van der Waals surface area contributed by atoms with Crippen LogP contribution in [0.15, 0.2) is 60.8 Å². The van der Waals surface area contributed by atoms with E-state index in [2.05, 4.69) is 81.5 Å². The first-order valence-electron chi connectivity index (χ1n) is 29.3. The number of unbranched alkanes of at least 4 members (excludes halogenated alkanes) is 32. The Morgan fingerprint density at radius 2 is 0.529 bits per heavy atom. The van der Waals surface area contributed by atoms with E-state index in [0.29, 0.717) is 19.3 Å². The summed E-state index contributed by atoms with van der Waals surface area (Å²) in [5.41, 5.74) is 0. The summed E-state index contributed by atoms with van der Waals surface area (Å²) in [4.78, 5) is 37.9. The summed E-state index contributed by atoms with van der Waals surface area (Å²) in [5, 5.41) is 0. The highest BCUT2D eigenvalue weighted by atomic mass is 16.6. The molecule has 0 rings (SSSR count). The molecule has 0 aliphatic carbocycles. The Kier molecular flexibility index (Phi) is 54.3. The molecule has 0 amide bonds. The van der Waals surface area contributed by atoms with Gasteiger partial charge in [-0.2, -0.15) is 0 Å². The normalized spacial score (nSPS) is 12.5. The molecule has 0 saturated carbocycles. The summed E-state index contributed by atoms with van der Waals surface area (Å²) in [7, 11) is 0. The van der Waals surface area contributed by atoms with Crippen molar-refractivity contribution in [2.75, 3.05) is 13.2 Å². The van der Waals surface area contributed by atoms with E-state index < -0.39 is 6.10 Å². The Balaban J connectivity index is 4.14. The Labute approximate surface area is 421 Å². The lowest BCUT2D eigenvalue weighted by Gasteiger charge is -2.18. The van der Waals surface area contributed by atoms with E-state index in [4.69, 9.17) is 14.2 Å². The van der Waals surface area contributed by atoms with Crippen LogP contribution >= 0.6 is 0 Å². The van der Waals surface area contributed by atoms with Gasteiger partial charge in [0.15, 0.2) is 6.10 Å². The predicted molar refractivity (Wildman–Crippen MR) is 293 cm³/mol. The molecule has 0 aromatic carbocycles. The molecule has 0 radical (unpaired) electrons. The molecule has 394 valence electrons. The predicted octanol–water partition coefficient (Wildman–Crippen LogP) is 19.6. The number of carbonyl (C=O) groups is 3. The van der Waals surface area contributed by atoms with Crippen molar-refractivity contribution in [3.05, 3.63) is 60.8 Å². The fourth-order valence-corrected chi connectivity index (χ4v) is 8.30. The zero-order chi connectivity index (χ0) is 49.3. The molecule has 0 fully saturated rings. The minimum absolute atomic E-state index is 0.0789. The van der Waals surface area contributed by atoms with Crippen molar-refractivity contribution in [2.45, 2.75) is 303 Å². The van der Waals surface area contributed by atoms with Gasteiger partial charge >= 0.3 is 17.9 Å². The van der Waals surface area contributed by atoms with Crippen LogP contribution in [0.3, 0.4) is 0 Å². The molecule has 0 aliphatic heterocycles. The smallest absolute Gasteiger partial charge is 0.306 e. The fraction of sp³-hybridized carbons (Fsp3) is 0.790. The van der Waals surface area contributed by atoms with Crippen molar-refractivity contribution >= 4 is 17.9 Å². The van der Waals surface area contributed by atoms with Crippen LogP contribution in [-0.4, -0.2) is 37.2 Å². The van der Waals surface area contributed by atoms with Crippen molar-refractivity contribution in [3.8, 4) is 0 Å². The van der Waals surface area contributed by atoms with Gasteiger partial charge in [0.05, 0.1) is 0 Å². The third-order valence-corrected chi connectivity index (χ3v) is 12.7. The van der Waals surface area contributed by atoms with Crippen LogP contribution in [0.4, 0.5) is 0 Å². The van der Waals surface area contributed by atoms with E-state index in [9.17, 15) is 14.4 Å². The van der Waals surface area contributed by atoms with Crippen molar-refractivity contribution in [1.29, 1.82) is 0 Å². The largest absolute Gasteiger partial charge is 0.462 e. The second-order valence-corrected chi connectivity index (χ2v) is 19.6. The summed E-state index contributed by atoms with van der Waals surface area (Å²) in [5.74, 6) is -0.892. The molecule has 0 aliphatic rings. The highest BCUT2D eigenvalue weighted by Gasteiger charge is 2.19. The van der Waals surface area contributed by atoms with E-state index in [1.165, 1.54) is 161 Å². The van der Waals surface area contributed by atoms with Gasteiger partial charge in [0.25, 0.3) is 0 Å². The Hall–Kier alpha value is -2.89. The summed E-state index contributed by atoms with van der Waals surface area (Å²) in [6.07, 6.45) is 71.0. The zero-order valence-electron chi connectivity index (χ0n) is 45.1. The second kappa shape index (κ2) is 56.7. The van der Waals surface area contributed by atoms with Crippen LogP contribution in [0.25, 0.3) is 0 Å². The van der Waals surface area contributed by atoms with Crippen LogP contribution in [0.1, 0.15) is 297 Å². The number of allylic oxidation sites excluding steroid dienone is 10. The zero-order valence-corrected chi connectivity index (χ0v) is 45.1. The van der Waals surface area contributed by atoms with Gasteiger partial charge in [0.1, 0.15) is 13.2 Å². The van der Waals surface area contributed by atoms with Crippen LogP contribution in [0.5, 0.6) is 0 Å². The standard InChI is InChI=1S/C62H110O6/c1-4-7-10-13-16-18-20-22-24-26-27-28-29-30-31-32-33-34-35-36-38-39-41-43-46-49-52-55-61(64)67-58-59(57-66-60(63)54-51-48-45-15-12-9-6-3)68-62(65)56-53-50-47-44-42-40-37-25-23-21-19-17-14-11-8-5-2/h19-22,25-27,29-30,37,59H,4-18,23-24,28,31-36,38-58H2,1-3H3/b21-19-,22-20-,27-26-,30-29-,37-25-. The minimum atomic E-state index is -0.778. The highest BCUT2D eigenvalue weighted by Crippen LogP contribution is 2.15. The molecule has 6 nitrogen and oxygen atoms in total. The summed E-state index contributed by atoms with van der Waals surface area (Å²) in [6, 6.07) is 0. The maximum absolute atomic E-state index is 12.8. The molecule has 0 bridgehead atoms. The summed E-state index contributed by atoms with van der Waals surface area (Å²) >= 11 is 0. The number of esters is 3. The monoisotopic (exact) mass is 951 g/mol. The number of hydrogen-bond donors (Lipinski definition) is 0. The molecule has 0 aromatic rings. The van der Waals surface area contributed by atoms with E-state index in [1.54, 1.807) is 0 Å². The molecule has 0 spiro atoms. The third kappa shape index (κ3) is 54.1. The second-order valence-electron chi connectivity index (χ2n) is 19.6. The first-order chi connectivity index (χ1) is 33.5. The van der Waals surface area contributed by atoms with Gasteiger partial charge in [-0.25, -0.2) is 0 Å². The van der Waals surface area contributed by atoms with Gasteiger partial charge in [-0.05, 0) is 89.9 Å². The lowest BCUT2D eigenvalue weighted by atomic mass is 10.0. The quantitative estimate of drug-likeness (QED) is 0.0262. The molecule has 0 aromatic heterocycles. The average molecular weight is 952 g/mol. The van der Waals surface area contributed by atoms with Gasteiger partial charge in [0, 0.05) is 19.3 Å². The summed E-state index contributed by atoms with van der Waals surface area (Å²) < 4.78 is 16.8. The van der Waals surface area contributed by atoms with Crippen LogP contribution in [0.2, 0.25) is 0 Å². The summed E-state index contributed by atoms with van der Waals surface area (Å²) in [6.45, 7) is 6.57. The average Bonchev–Trinajstić information content (AvgIpc) is 3.34. The molecular weight excluding hydrogens is 841 g/mol. The van der Waals surface area contributed by atoms with Crippen molar-refractivity contribution in [1.82, 2.24) is 0 Å². The maximum Gasteiger partial charge on any atom is 0.306 e. The van der Waals surface area contributed by atoms with Crippen molar-refractivity contribution in [3.63, 3.8) is 0 Å². The molecule has 68 heavy (non-hydrogen) atoms. The lowest BCUT2D eigenvalue weighted by Crippen LogP contribution is -2.30. The highest BCUT2D eigenvalue weighted by molar-refractivity contribution is 5.71. The number of hydrogen-bond acceptors (Lipinski definition) is 6. The van der Waals surface area contributed by atoms with E-state index in [1.807, 2.05) is 0 Å². The third-order valence-electron chi connectivity index (χ3n) is 12.7. The van der Waals surface area contributed by atoms with E-state index >= 15 is 0 Å². The van der Waals surface area contributed by atoms with E-state index in [0.717, 1.165) is 96.3 Å². The van der Waals surface area contributed by atoms with Crippen molar-refractivity contribution in [2.24, 2.45) is 0 Å². The van der Waals surface area contributed by atoms with Crippen LogP contribution in [0, 0.1) is 0 Å². The Morgan fingerprint density at radius 1 is 0.294 bits per heavy atom. The van der Waals surface area contributed by atoms with Gasteiger partial charge in [-0.1, -0.05) is 248 Å². The maximum atomic E-state index is 12.8. The fourth-order valence-electron chi connectivity index (χ4n) is 8.30. The first kappa shape index (κ1) is 65.1. The number of rotatable bonds is 53. The van der Waals surface area contributed by atoms with Gasteiger partial charge < -0.3 is 14.2 Å². The molecule has 0 saturated heterocycles. The Morgan fingerprint density at radius 3 is 0.838 bits per heavy atom. The van der Waals surface area contributed by atoms with Gasteiger partial charge in [-0.15, -0.1) is 0 Å². The Bertz CT molecular complexity index is 1230. The molecule has 1 unspecified atom stereocenters. The van der Waals surface area contributed by atoms with Crippen LogP contribution in [-0.2, 0) is 28.6 Å². The van der Waals surface area contributed by atoms with Crippen LogP contribution < -0.4 is 0 Å². The SMILES string of the molecule is CCCCCC/C=C\C/C=C\CCCCCCCC(=O)OC(COC(=O)CCCCCCCCC)COC(=O)CCCCCCCCCCCCCC/C=C\C/C=C\C/C=C\CCCCCCC. The first-order valence-corrected chi connectivity index (χ1v) is 29.3. The van der Waals surface area contributed by atoms with Gasteiger partial charge in [0.2, 0.25) is 0 Å². The lowest BCUT2D eigenvalue weighted by molar-refractivity contribution is -0.167. The molecule has 0 heterocycles. The van der Waals surface area contributed by atoms with Crippen molar-refractivity contribution < 1.29 is 28.6 Å². The molecule has 1 atom stereocenters. The number of ether oxygens (including phenoxy) is 3. The molecule has 0 N–H and O–H groups in total. The molecule has 6 heteroatoms. The van der Waals surface area contributed by atoms with Gasteiger partial charge in [-0.3, -0.25) is 14.4 Å². The minimum Gasteiger partial charge on any atom is -0.462 e. The molecular formula is C62H110O6. The van der Waals surface area contributed by atoms with E-state index in [-0.39, 0.29) is 31.1 Å². The topological polar surface area (TPSA) is 78.9 Å².